The molecule has 0 saturated carbocycles. The molecule has 6 heteroatoms. The largest absolute Gasteiger partial charge is 0.483 e. The van der Waals surface area contributed by atoms with Gasteiger partial charge in [-0.1, -0.05) is 48.9 Å². The third kappa shape index (κ3) is 6.10. The minimum absolute atomic E-state index is 0.00489. The number of amides is 2. The zero-order chi connectivity index (χ0) is 21.3. The maximum Gasteiger partial charge on any atom is 0.260 e. The average molecular weight is 427 g/mol. The lowest BCUT2D eigenvalue weighted by Crippen LogP contribution is -2.32. The Morgan fingerprint density at radius 3 is 2.53 bits per heavy atom. The van der Waals surface area contributed by atoms with Gasteiger partial charge in [0.2, 0.25) is 5.91 Å². The molecule has 1 unspecified atom stereocenters. The molecule has 1 N–H and O–H groups in total. The van der Waals surface area contributed by atoms with Gasteiger partial charge in [0.15, 0.2) is 6.61 Å². The number of likely N-dealkylation sites (tertiary alicyclic amines) is 1. The second-order valence-electron chi connectivity index (χ2n) is 7.27. The SMILES string of the molecule is CCC(NC(=O)/C=C/c1ccc(Cl)cc1)c1ccccc1OCC(=O)N1CCCC1. The molecule has 1 atom stereocenters. The highest BCUT2D eigenvalue weighted by molar-refractivity contribution is 6.30. The fourth-order valence-corrected chi connectivity index (χ4v) is 3.59. The Labute approximate surface area is 182 Å². The summed E-state index contributed by atoms with van der Waals surface area (Å²) in [5.74, 6) is 0.434. The summed E-state index contributed by atoms with van der Waals surface area (Å²) >= 11 is 5.89. The van der Waals surface area contributed by atoms with Crippen molar-refractivity contribution in [2.45, 2.75) is 32.2 Å². The second kappa shape index (κ2) is 10.8. The lowest BCUT2D eigenvalue weighted by molar-refractivity contribution is -0.132. The molecule has 2 amide bonds. The Morgan fingerprint density at radius 1 is 1.13 bits per heavy atom. The van der Waals surface area contributed by atoms with Crippen LogP contribution in [0.2, 0.25) is 5.02 Å². The van der Waals surface area contributed by atoms with Gasteiger partial charge in [-0.15, -0.1) is 0 Å². The van der Waals surface area contributed by atoms with Crippen molar-refractivity contribution in [3.8, 4) is 5.75 Å². The van der Waals surface area contributed by atoms with Crippen LogP contribution in [0, 0.1) is 0 Å². The van der Waals surface area contributed by atoms with Crippen LogP contribution in [0.3, 0.4) is 0 Å². The van der Waals surface area contributed by atoms with Gasteiger partial charge in [-0.25, -0.2) is 0 Å². The van der Waals surface area contributed by atoms with Crippen LogP contribution in [0.25, 0.3) is 6.08 Å². The summed E-state index contributed by atoms with van der Waals surface area (Å²) in [5, 5.41) is 3.68. The number of ether oxygens (including phenoxy) is 1. The van der Waals surface area contributed by atoms with Crippen LogP contribution in [-0.4, -0.2) is 36.4 Å². The summed E-state index contributed by atoms with van der Waals surface area (Å²) in [7, 11) is 0. The highest BCUT2D eigenvalue weighted by atomic mass is 35.5. The molecule has 30 heavy (non-hydrogen) atoms. The molecule has 5 nitrogen and oxygen atoms in total. The number of carbonyl (C=O) groups is 2. The van der Waals surface area contributed by atoms with E-state index in [1.165, 1.54) is 6.08 Å². The molecule has 0 aromatic heterocycles. The average Bonchev–Trinajstić information content (AvgIpc) is 3.31. The van der Waals surface area contributed by atoms with E-state index in [0.29, 0.717) is 17.2 Å². The molecule has 2 aromatic rings. The van der Waals surface area contributed by atoms with E-state index < -0.39 is 0 Å². The zero-order valence-electron chi connectivity index (χ0n) is 17.1. The monoisotopic (exact) mass is 426 g/mol. The first-order valence-corrected chi connectivity index (χ1v) is 10.7. The van der Waals surface area contributed by atoms with Crippen molar-refractivity contribution in [1.29, 1.82) is 0 Å². The molecule has 1 aliphatic rings. The number of hydrogen-bond donors (Lipinski definition) is 1. The highest BCUT2D eigenvalue weighted by Crippen LogP contribution is 2.27. The number of halogens is 1. The molecule has 0 aliphatic carbocycles. The molecule has 158 valence electrons. The first-order chi connectivity index (χ1) is 14.6. The summed E-state index contributed by atoms with van der Waals surface area (Å²) in [6.07, 6.45) is 6.05. The van der Waals surface area contributed by atoms with Gasteiger partial charge in [-0.2, -0.15) is 0 Å². The molecule has 1 saturated heterocycles. The molecule has 3 rings (SSSR count). The van der Waals surface area contributed by atoms with E-state index in [4.69, 9.17) is 16.3 Å². The van der Waals surface area contributed by atoms with Crippen molar-refractivity contribution in [3.05, 3.63) is 70.8 Å². The molecule has 1 fully saturated rings. The van der Waals surface area contributed by atoms with Crippen LogP contribution in [0.1, 0.15) is 43.4 Å². The molecular formula is C24H27ClN2O3. The summed E-state index contributed by atoms with van der Waals surface area (Å²) < 4.78 is 5.84. The van der Waals surface area contributed by atoms with Gasteiger partial charge >= 0.3 is 0 Å². The number of para-hydroxylation sites is 1. The fraction of sp³-hybridized carbons (Fsp3) is 0.333. The van der Waals surface area contributed by atoms with Gasteiger partial charge < -0.3 is 15.0 Å². The maximum absolute atomic E-state index is 12.5. The molecule has 0 spiro atoms. The van der Waals surface area contributed by atoms with E-state index in [-0.39, 0.29) is 24.5 Å². The van der Waals surface area contributed by atoms with Crippen LogP contribution in [0.4, 0.5) is 0 Å². The number of hydrogen-bond acceptors (Lipinski definition) is 3. The van der Waals surface area contributed by atoms with E-state index in [2.05, 4.69) is 5.32 Å². The van der Waals surface area contributed by atoms with E-state index in [9.17, 15) is 9.59 Å². The van der Waals surface area contributed by atoms with Crippen molar-refractivity contribution < 1.29 is 14.3 Å². The summed E-state index contributed by atoms with van der Waals surface area (Å²) in [5.41, 5.74) is 1.76. The first-order valence-electron chi connectivity index (χ1n) is 10.3. The predicted molar refractivity (Wildman–Crippen MR) is 119 cm³/mol. The molecule has 1 aliphatic heterocycles. The Balaban J connectivity index is 1.63. The van der Waals surface area contributed by atoms with Crippen molar-refractivity contribution in [2.75, 3.05) is 19.7 Å². The van der Waals surface area contributed by atoms with E-state index in [1.807, 2.05) is 48.2 Å². The Bertz CT molecular complexity index is 890. The van der Waals surface area contributed by atoms with Crippen LogP contribution in [-0.2, 0) is 9.59 Å². The van der Waals surface area contributed by atoms with Gasteiger partial charge in [0, 0.05) is 29.8 Å². The lowest BCUT2D eigenvalue weighted by Gasteiger charge is -2.21. The minimum Gasteiger partial charge on any atom is -0.483 e. The smallest absolute Gasteiger partial charge is 0.260 e. The van der Waals surface area contributed by atoms with Crippen molar-refractivity contribution >= 4 is 29.5 Å². The van der Waals surface area contributed by atoms with Gasteiger partial charge in [-0.3, -0.25) is 9.59 Å². The zero-order valence-corrected chi connectivity index (χ0v) is 17.9. The summed E-state index contributed by atoms with van der Waals surface area (Å²) in [6, 6.07) is 14.6. The van der Waals surface area contributed by atoms with Gasteiger partial charge in [0.25, 0.3) is 5.91 Å². The number of rotatable bonds is 8. The molecule has 0 radical (unpaired) electrons. The lowest BCUT2D eigenvalue weighted by atomic mass is 10.0. The van der Waals surface area contributed by atoms with Gasteiger partial charge in [0.1, 0.15) is 5.75 Å². The summed E-state index contributed by atoms with van der Waals surface area (Å²) in [6.45, 7) is 3.62. The van der Waals surface area contributed by atoms with Crippen LogP contribution in [0.5, 0.6) is 5.75 Å². The normalized spacial score (nSPS) is 14.7. The predicted octanol–water partition coefficient (Wildman–Crippen LogP) is 4.62. The minimum atomic E-state index is -0.217. The standard InChI is InChI=1S/C24H27ClN2O3/c1-2-21(26-23(28)14-11-18-9-12-19(25)13-10-18)20-7-3-4-8-22(20)30-17-24(29)27-15-5-6-16-27/h3-4,7-14,21H,2,5-6,15-17H2,1H3,(H,26,28)/b14-11+. The van der Waals surface area contributed by atoms with Crippen molar-refractivity contribution in [2.24, 2.45) is 0 Å². The van der Waals surface area contributed by atoms with Gasteiger partial charge in [0.05, 0.1) is 6.04 Å². The second-order valence-corrected chi connectivity index (χ2v) is 7.71. The third-order valence-corrected chi connectivity index (χ3v) is 5.38. The Kier molecular flexibility index (Phi) is 7.91. The summed E-state index contributed by atoms with van der Waals surface area (Å²) in [4.78, 5) is 26.6. The Hall–Kier alpha value is -2.79. The highest BCUT2D eigenvalue weighted by Gasteiger charge is 2.20. The van der Waals surface area contributed by atoms with E-state index >= 15 is 0 Å². The maximum atomic E-state index is 12.5. The first kappa shape index (κ1) is 21.9. The molecule has 0 bridgehead atoms. The third-order valence-electron chi connectivity index (χ3n) is 5.13. The quantitative estimate of drug-likeness (QED) is 0.626. The number of nitrogens with one attached hydrogen (secondary N) is 1. The Morgan fingerprint density at radius 2 is 1.83 bits per heavy atom. The van der Waals surface area contributed by atoms with Crippen LogP contribution in [0.15, 0.2) is 54.6 Å². The van der Waals surface area contributed by atoms with Gasteiger partial charge in [-0.05, 0) is 49.1 Å². The number of nitrogens with zero attached hydrogens (tertiary/aromatic N) is 1. The van der Waals surface area contributed by atoms with Crippen molar-refractivity contribution in [3.63, 3.8) is 0 Å². The van der Waals surface area contributed by atoms with Crippen LogP contribution < -0.4 is 10.1 Å². The van der Waals surface area contributed by atoms with Crippen molar-refractivity contribution in [1.82, 2.24) is 10.2 Å². The molecule has 2 aromatic carbocycles. The fourth-order valence-electron chi connectivity index (χ4n) is 3.46. The topological polar surface area (TPSA) is 58.6 Å². The number of benzene rings is 2. The van der Waals surface area contributed by atoms with E-state index in [0.717, 1.165) is 37.1 Å². The number of carbonyl (C=O) groups excluding carboxylic acids is 2. The molecular weight excluding hydrogens is 400 g/mol. The molecule has 1 heterocycles. The van der Waals surface area contributed by atoms with E-state index in [1.54, 1.807) is 18.2 Å². The van der Waals surface area contributed by atoms with Crippen LogP contribution >= 0.6 is 11.6 Å².